The van der Waals surface area contributed by atoms with Gasteiger partial charge in [-0.15, -0.1) is 0 Å². The number of carbonyl (C=O) groups excluding carboxylic acids is 2. The molecule has 5 heteroatoms. The van der Waals surface area contributed by atoms with Crippen molar-refractivity contribution in [3.63, 3.8) is 0 Å². The molecule has 0 radical (unpaired) electrons. The van der Waals surface area contributed by atoms with Crippen molar-refractivity contribution in [1.82, 2.24) is 10.2 Å². The van der Waals surface area contributed by atoms with E-state index in [1.807, 2.05) is 30.3 Å². The van der Waals surface area contributed by atoms with Gasteiger partial charge in [-0.25, -0.2) is 0 Å². The third-order valence-electron chi connectivity index (χ3n) is 5.49. The van der Waals surface area contributed by atoms with Crippen LogP contribution in [0.1, 0.15) is 47.6 Å². The van der Waals surface area contributed by atoms with Gasteiger partial charge in [0.15, 0.2) is 0 Å². The number of likely N-dealkylation sites (tertiary alicyclic amines) is 1. The Labute approximate surface area is 166 Å². The van der Waals surface area contributed by atoms with Crippen LogP contribution in [0.5, 0.6) is 0 Å². The number of nitrogens with zero attached hydrogens (tertiary/aromatic N) is 1. The lowest BCUT2D eigenvalue weighted by Gasteiger charge is -2.25. The first-order valence-corrected chi connectivity index (χ1v) is 10.2. The molecule has 2 aliphatic rings. The van der Waals surface area contributed by atoms with Gasteiger partial charge >= 0.3 is 0 Å². The van der Waals surface area contributed by atoms with Crippen LogP contribution in [0.15, 0.2) is 54.6 Å². The Morgan fingerprint density at radius 2 is 1.75 bits per heavy atom. The van der Waals surface area contributed by atoms with Crippen molar-refractivity contribution in [2.24, 2.45) is 5.92 Å². The van der Waals surface area contributed by atoms with E-state index in [0.29, 0.717) is 11.3 Å². The number of hydrogen-bond acceptors (Lipinski definition) is 3. The fourth-order valence-corrected chi connectivity index (χ4v) is 3.71. The summed E-state index contributed by atoms with van der Waals surface area (Å²) in [6.07, 6.45) is 4.36. The van der Waals surface area contributed by atoms with Gasteiger partial charge in [-0.1, -0.05) is 36.4 Å². The van der Waals surface area contributed by atoms with Gasteiger partial charge in [-0.05, 0) is 62.5 Å². The Kier molecular flexibility index (Phi) is 5.72. The Balaban J connectivity index is 1.46. The van der Waals surface area contributed by atoms with Gasteiger partial charge in [0.1, 0.15) is 0 Å². The highest BCUT2D eigenvalue weighted by Crippen LogP contribution is 2.30. The third kappa shape index (κ3) is 4.78. The largest absolute Gasteiger partial charge is 0.344 e. The summed E-state index contributed by atoms with van der Waals surface area (Å²) in [5, 5.41) is 6.11. The van der Waals surface area contributed by atoms with E-state index < -0.39 is 0 Å². The van der Waals surface area contributed by atoms with Crippen LogP contribution < -0.4 is 10.6 Å². The molecule has 2 N–H and O–H groups in total. The summed E-state index contributed by atoms with van der Waals surface area (Å²) in [5.74, 6) is 0.0738. The minimum Gasteiger partial charge on any atom is -0.344 e. The summed E-state index contributed by atoms with van der Waals surface area (Å²) in [6.45, 7) is 2.98. The smallest absolute Gasteiger partial charge is 0.251 e. The number of carbonyl (C=O) groups is 2. The van der Waals surface area contributed by atoms with E-state index in [4.69, 9.17) is 0 Å². The van der Waals surface area contributed by atoms with Crippen LogP contribution in [-0.4, -0.2) is 36.3 Å². The summed E-state index contributed by atoms with van der Waals surface area (Å²) in [5.41, 5.74) is 2.36. The number of hydrogen-bond donors (Lipinski definition) is 2. The molecule has 0 aromatic heterocycles. The average Bonchev–Trinajstić information content (AvgIpc) is 3.46. The van der Waals surface area contributed by atoms with Crippen molar-refractivity contribution in [2.75, 3.05) is 25.0 Å². The molecule has 28 heavy (non-hydrogen) atoms. The molecule has 5 nitrogen and oxygen atoms in total. The summed E-state index contributed by atoms with van der Waals surface area (Å²) in [7, 11) is 0. The number of nitrogens with one attached hydrogen (secondary N) is 2. The van der Waals surface area contributed by atoms with Crippen LogP contribution in [0.25, 0.3) is 0 Å². The van der Waals surface area contributed by atoms with Crippen LogP contribution in [-0.2, 0) is 4.79 Å². The standard InChI is InChI=1S/C23H27N3O2/c27-22(18-11-12-18)24-20-10-6-9-19(15-20)23(28)25-21(16-26-13-4-5-14-26)17-7-2-1-3-8-17/h1-3,6-10,15,18,21H,4-5,11-14,16H2,(H,24,27)(H,25,28). The van der Waals surface area contributed by atoms with Gasteiger partial charge in [-0.3, -0.25) is 9.59 Å². The molecule has 2 aromatic carbocycles. The van der Waals surface area contributed by atoms with Gasteiger partial charge in [0.2, 0.25) is 5.91 Å². The van der Waals surface area contributed by atoms with Crippen molar-refractivity contribution < 1.29 is 9.59 Å². The predicted molar refractivity (Wildman–Crippen MR) is 110 cm³/mol. The normalized spacial score (nSPS) is 17.9. The molecule has 4 rings (SSSR count). The van der Waals surface area contributed by atoms with Crippen LogP contribution >= 0.6 is 0 Å². The monoisotopic (exact) mass is 377 g/mol. The molecule has 1 atom stereocenters. The van der Waals surface area contributed by atoms with Crippen molar-refractivity contribution in [2.45, 2.75) is 31.7 Å². The highest BCUT2D eigenvalue weighted by Gasteiger charge is 2.29. The zero-order chi connectivity index (χ0) is 19.3. The van der Waals surface area contributed by atoms with Gasteiger partial charge < -0.3 is 15.5 Å². The molecule has 1 heterocycles. The van der Waals surface area contributed by atoms with E-state index in [9.17, 15) is 9.59 Å². The first-order chi connectivity index (χ1) is 13.7. The Morgan fingerprint density at radius 1 is 1.00 bits per heavy atom. The minimum atomic E-state index is -0.115. The fraction of sp³-hybridized carbons (Fsp3) is 0.391. The molecule has 146 valence electrons. The lowest BCUT2D eigenvalue weighted by atomic mass is 10.1. The first-order valence-electron chi connectivity index (χ1n) is 10.2. The second-order valence-electron chi connectivity index (χ2n) is 7.79. The lowest BCUT2D eigenvalue weighted by molar-refractivity contribution is -0.117. The molecule has 1 unspecified atom stereocenters. The van der Waals surface area contributed by atoms with E-state index >= 15 is 0 Å². The van der Waals surface area contributed by atoms with E-state index in [2.05, 4.69) is 27.7 Å². The summed E-state index contributed by atoms with van der Waals surface area (Å²) < 4.78 is 0. The molecule has 2 aromatic rings. The van der Waals surface area contributed by atoms with Gasteiger partial charge in [-0.2, -0.15) is 0 Å². The predicted octanol–water partition coefficient (Wildman–Crippen LogP) is 3.60. The minimum absolute atomic E-state index is 0.0498. The second kappa shape index (κ2) is 8.57. The van der Waals surface area contributed by atoms with E-state index in [0.717, 1.165) is 38.0 Å². The zero-order valence-corrected chi connectivity index (χ0v) is 16.1. The topological polar surface area (TPSA) is 61.4 Å². The number of amides is 2. The molecular formula is C23H27N3O2. The first kappa shape index (κ1) is 18.7. The fourth-order valence-electron chi connectivity index (χ4n) is 3.71. The van der Waals surface area contributed by atoms with Crippen LogP contribution in [0, 0.1) is 5.92 Å². The van der Waals surface area contributed by atoms with Crippen molar-refractivity contribution in [3.05, 3.63) is 65.7 Å². The summed E-state index contributed by atoms with van der Waals surface area (Å²) >= 11 is 0. The van der Waals surface area contributed by atoms with E-state index in [1.165, 1.54) is 12.8 Å². The van der Waals surface area contributed by atoms with Crippen LogP contribution in [0.2, 0.25) is 0 Å². The van der Waals surface area contributed by atoms with E-state index in [1.54, 1.807) is 12.1 Å². The van der Waals surface area contributed by atoms with Crippen molar-refractivity contribution >= 4 is 17.5 Å². The number of benzene rings is 2. The average molecular weight is 377 g/mol. The van der Waals surface area contributed by atoms with Crippen LogP contribution in [0.4, 0.5) is 5.69 Å². The molecule has 2 amide bonds. The van der Waals surface area contributed by atoms with Crippen molar-refractivity contribution in [1.29, 1.82) is 0 Å². The van der Waals surface area contributed by atoms with Gasteiger partial charge in [0.25, 0.3) is 5.91 Å². The molecule has 1 aliphatic carbocycles. The summed E-state index contributed by atoms with van der Waals surface area (Å²) in [6, 6.07) is 17.3. The molecule has 0 bridgehead atoms. The van der Waals surface area contributed by atoms with E-state index in [-0.39, 0.29) is 23.8 Å². The maximum absolute atomic E-state index is 12.9. The maximum Gasteiger partial charge on any atom is 0.251 e. The maximum atomic E-state index is 12.9. The Morgan fingerprint density at radius 3 is 2.46 bits per heavy atom. The Bertz CT molecular complexity index is 827. The van der Waals surface area contributed by atoms with Gasteiger partial charge in [0.05, 0.1) is 6.04 Å². The summed E-state index contributed by atoms with van der Waals surface area (Å²) in [4.78, 5) is 27.3. The molecule has 1 saturated carbocycles. The highest BCUT2D eigenvalue weighted by molar-refractivity contribution is 5.98. The highest BCUT2D eigenvalue weighted by atomic mass is 16.2. The van der Waals surface area contributed by atoms with Crippen molar-refractivity contribution in [3.8, 4) is 0 Å². The molecule has 1 aliphatic heterocycles. The zero-order valence-electron chi connectivity index (χ0n) is 16.1. The van der Waals surface area contributed by atoms with Crippen LogP contribution in [0.3, 0.4) is 0 Å². The molecular weight excluding hydrogens is 350 g/mol. The molecule has 1 saturated heterocycles. The number of rotatable bonds is 7. The van der Waals surface area contributed by atoms with Gasteiger partial charge in [0, 0.05) is 23.7 Å². The lowest BCUT2D eigenvalue weighted by Crippen LogP contribution is -2.37. The number of anilines is 1. The second-order valence-corrected chi connectivity index (χ2v) is 7.79. The molecule has 2 fully saturated rings. The third-order valence-corrected chi connectivity index (χ3v) is 5.49. The Hall–Kier alpha value is -2.66. The quantitative estimate of drug-likeness (QED) is 0.775. The molecule has 0 spiro atoms. The SMILES string of the molecule is O=C(NC(CN1CCCC1)c1ccccc1)c1cccc(NC(=O)C2CC2)c1.